The van der Waals surface area contributed by atoms with Crippen LogP contribution in [0.15, 0.2) is 52.4 Å². The van der Waals surface area contributed by atoms with Gasteiger partial charge < -0.3 is 9.26 Å². The summed E-state index contributed by atoms with van der Waals surface area (Å²) in [6, 6.07) is 15.0. The highest BCUT2D eigenvalue weighted by Crippen LogP contribution is 2.34. The van der Waals surface area contributed by atoms with Gasteiger partial charge in [-0.3, -0.25) is 4.90 Å². The van der Waals surface area contributed by atoms with E-state index in [1.807, 2.05) is 18.2 Å². The summed E-state index contributed by atoms with van der Waals surface area (Å²) >= 11 is 1.67. The second-order valence-electron chi connectivity index (χ2n) is 6.06. The first-order chi connectivity index (χ1) is 11.8. The van der Waals surface area contributed by atoms with Crippen molar-refractivity contribution in [2.45, 2.75) is 25.4 Å². The van der Waals surface area contributed by atoms with Crippen LogP contribution < -0.4 is 4.74 Å². The largest absolute Gasteiger partial charge is 0.497 e. The first-order valence-electron chi connectivity index (χ1n) is 8.21. The van der Waals surface area contributed by atoms with E-state index in [-0.39, 0.29) is 0 Å². The Morgan fingerprint density at radius 1 is 1.29 bits per heavy atom. The Kier molecular flexibility index (Phi) is 4.36. The molecule has 4 rings (SSSR count). The van der Waals surface area contributed by atoms with Gasteiger partial charge in [0.05, 0.1) is 17.7 Å². The topological polar surface area (TPSA) is 38.5 Å². The standard InChI is InChI=1S/C19H20N2O2S/c1-22-16-8-6-14(7-9-16)17-4-2-10-21(17)13-15-12-18(23-20-15)19-5-3-11-24-19/h3,5-9,11-12,17H,2,4,10,13H2,1H3. The molecular weight excluding hydrogens is 320 g/mol. The Hall–Kier alpha value is -2.11. The minimum absolute atomic E-state index is 0.442. The zero-order valence-electron chi connectivity index (χ0n) is 13.6. The second kappa shape index (κ2) is 6.79. The molecule has 3 heterocycles. The molecule has 3 aromatic rings. The van der Waals surface area contributed by atoms with Gasteiger partial charge in [-0.05, 0) is 48.5 Å². The molecule has 0 radical (unpaired) electrons. The van der Waals surface area contributed by atoms with Gasteiger partial charge in [-0.2, -0.15) is 0 Å². The number of benzene rings is 1. The molecule has 2 aromatic heterocycles. The summed E-state index contributed by atoms with van der Waals surface area (Å²) in [4.78, 5) is 3.61. The molecule has 0 bridgehead atoms. The summed E-state index contributed by atoms with van der Waals surface area (Å²) in [5.74, 6) is 1.76. The second-order valence-corrected chi connectivity index (χ2v) is 7.01. The van der Waals surface area contributed by atoms with Crippen LogP contribution in [0.5, 0.6) is 5.75 Å². The van der Waals surface area contributed by atoms with E-state index in [1.54, 1.807) is 18.4 Å². The fourth-order valence-corrected chi connectivity index (χ4v) is 4.02. The van der Waals surface area contributed by atoms with Crippen LogP contribution in [0.1, 0.15) is 30.1 Å². The number of likely N-dealkylation sites (tertiary alicyclic amines) is 1. The summed E-state index contributed by atoms with van der Waals surface area (Å²) in [6.45, 7) is 1.92. The molecule has 0 spiro atoms. The summed E-state index contributed by atoms with van der Waals surface area (Å²) in [6.07, 6.45) is 2.40. The van der Waals surface area contributed by atoms with Crippen molar-refractivity contribution in [2.75, 3.05) is 13.7 Å². The first kappa shape index (κ1) is 15.4. The van der Waals surface area contributed by atoms with E-state index < -0.39 is 0 Å². The number of methoxy groups -OCH3 is 1. The number of thiophene rings is 1. The van der Waals surface area contributed by atoms with Crippen molar-refractivity contribution in [2.24, 2.45) is 0 Å². The van der Waals surface area contributed by atoms with Crippen LogP contribution in [0, 0.1) is 0 Å². The van der Waals surface area contributed by atoms with Gasteiger partial charge >= 0.3 is 0 Å². The molecule has 4 nitrogen and oxygen atoms in total. The molecule has 124 valence electrons. The maximum Gasteiger partial charge on any atom is 0.177 e. The van der Waals surface area contributed by atoms with Gasteiger partial charge in [-0.25, -0.2) is 0 Å². The monoisotopic (exact) mass is 340 g/mol. The number of rotatable bonds is 5. The third kappa shape index (κ3) is 3.09. The van der Waals surface area contributed by atoms with Crippen molar-refractivity contribution in [1.82, 2.24) is 10.1 Å². The maximum atomic E-state index is 5.51. The fourth-order valence-electron chi connectivity index (χ4n) is 3.35. The molecular formula is C19H20N2O2S. The quantitative estimate of drug-likeness (QED) is 0.672. The van der Waals surface area contributed by atoms with Crippen LogP contribution in [0.3, 0.4) is 0 Å². The van der Waals surface area contributed by atoms with Crippen LogP contribution in [0.2, 0.25) is 0 Å². The van der Waals surface area contributed by atoms with E-state index in [1.165, 1.54) is 18.4 Å². The van der Waals surface area contributed by atoms with E-state index in [2.05, 4.69) is 39.7 Å². The van der Waals surface area contributed by atoms with E-state index >= 15 is 0 Å². The number of aromatic nitrogens is 1. The highest BCUT2D eigenvalue weighted by atomic mass is 32.1. The Morgan fingerprint density at radius 2 is 2.17 bits per heavy atom. The SMILES string of the molecule is COc1ccc(C2CCCN2Cc2cc(-c3cccs3)on2)cc1. The van der Waals surface area contributed by atoms with Gasteiger partial charge in [0.15, 0.2) is 5.76 Å². The number of ether oxygens (including phenoxy) is 1. The van der Waals surface area contributed by atoms with Crippen molar-refractivity contribution in [3.8, 4) is 16.4 Å². The molecule has 0 saturated carbocycles. The third-order valence-electron chi connectivity index (χ3n) is 4.55. The Morgan fingerprint density at radius 3 is 2.92 bits per heavy atom. The molecule has 24 heavy (non-hydrogen) atoms. The highest BCUT2D eigenvalue weighted by molar-refractivity contribution is 7.13. The van der Waals surface area contributed by atoms with Gasteiger partial charge in [0.1, 0.15) is 5.75 Å². The average Bonchev–Trinajstić information content (AvgIpc) is 3.37. The summed E-state index contributed by atoms with van der Waals surface area (Å²) in [7, 11) is 1.70. The molecule has 1 fully saturated rings. The summed E-state index contributed by atoms with van der Waals surface area (Å²) in [5.41, 5.74) is 2.34. The molecule has 5 heteroatoms. The van der Waals surface area contributed by atoms with Gasteiger partial charge in [0, 0.05) is 18.7 Å². The minimum Gasteiger partial charge on any atom is -0.497 e. The lowest BCUT2D eigenvalue weighted by atomic mass is 10.0. The minimum atomic E-state index is 0.442. The predicted molar refractivity (Wildman–Crippen MR) is 95.2 cm³/mol. The van der Waals surface area contributed by atoms with Crippen molar-refractivity contribution < 1.29 is 9.26 Å². The van der Waals surface area contributed by atoms with E-state index in [0.717, 1.165) is 35.2 Å². The zero-order valence-corrected chi connectivity index (χ0v) is 14.5. The Bertz CT molecular complexity index is 780. The molecule has 1 unspecified atom stereocenters. The van der Waals surface area contributed by atoms with Gasteiger partial charge in [0.2, 0.25) is 0 Å². The third-order valence-corrected chi connectivity index (χ3v) is 5.44. The summed E-state index contributed by atoms with van der Waals surface area (Å²) < 4.78 is 10.8. The molecule has 0 amide bonds. The highest BCUT2D eigenvalue weighted by Gasteiger charge is 2.27. The molecule has 1 saturated heterocycles. The van der Waals surface area contributed by atoms with Crippen molar-refractivity contribution in [1.29, 1.82) is 0 Å². The molecule has 1 atom stereocenters. The van der Waals surface area contributed by atoms with Crippen LogP contribution >= 0.6 is 11.3 Å². The normalized spacial score (nSPS) is 18.1. The number of hydrogen-bond acceptors (Lipinski definition) is 5. The molecule has 0 aliphatic carbocycles. The van der Waals surface area contributed by atoms with E-state index in [4.69, 9.17) is 9.26 Å². The van der Waals surface area contributed by atoms with E-state index in [9.17, 15) is 0 Å². The van der Waals surface area contributed by atoms with Crippen LogP contribution in [0.4, 0.5) is 0 Å². The zero-order chi connectivity index (χ0) is 16.4. The predicted octanol–water partition coefficient (Wildman–Crippen LogP) is 4.75. The molecule has 1 aliphatic rings. The number of nitrogens with zero attached hydrogens (tertiary/aromatic N) is 2. The van der Waals surface area contributed by atoms with Gasteiger partial charge in [-0.1, -0.05) is 23.4 Å². The van der Waals surface area contributed by atoms with Crippen LogP contribution in [0.25, 0.3) is 10.6 Å². The lowest BCUT2D eigenvalue weighted by Gasteiger charge is -2.23. The average molecular weight is 340 g/mol. The summed E-state index contributed by atoms with van der Waals surface area (Å²) in [5, 5.41) is 6.31. The van der Waals surface area contributed by atoms with Crippen molar-refractivity contribution in [3.05, 3.63) is 59.1 Å². The number of hydrogen-bond donors (Lipinski definition) is 0. The Labute approximate surface area is 145 Å². The van der Waals surface area contributed by atoms with Crippen molar-refractivity contribution >= 4 is 11.3 Å². The van der Waals surface area contributed by atoms with Crippen LogP contribution in [-0.2, 0) is 6.54 Å². The lowest BCUT2D eigenvalue weighted by molar-refractivity contribution is 0.240. The van der Waals surface area contributed by atoms with Gasteiger partial charge in [-0.15, -0.1) is 11.3 Å². The molecule has 0 N–H and O–H groups in total. The van der Waals surface area contributed by atoms with Crippen LogP contribution in [-0.4, -0.2) is 23.7 Å². The molecule has 1 aromatic carbocycles. The molecule has 1 aliphatic heterocycles. The lowest BCUT2D eigenvalue weighted by Crippen LogP contribution is -2.22. The maximum absolute atomic E-state index is 5.51. The fraction of sp³-hybridized carbons (Fsp3) is 0.316. The van der Waals surface area contributed by atoms with Gasteiger partial charge in [0.25, 0.3) is 0 Å². The first-order valence-corrected chi connectivity index (χ1v) is 9.09. The van der Waals surface area contributed by atoms with E-state index in [0.29, 0.717) is 6.04 Å². The Balaban J connectivity index is 1.49. The van der Waals surface area contributed by atoms with Crippen molar-refractivity contribution in [3.63, 3.8) is 0 Å². The smallest absolute Gasteiger partial charge is 0.177 e.